The number of rotatable bonds is 10. The largest absolute Gasteiger partial charge is 0.487 e. The predicted molar refractivity (Wildman–Crippen MR) is 191 cm³/mol. The highest BCUT2D eigenvalue weighted by molar-refractivity contribution is 5.94. The van der Waals surface area contributed by atoms with Crippen LogP contribution in [0.1, 0.15) is 56.6 Å². The molecule has 3 aromatic carbocycles. The van der Waals surface area contributed by atoms with Gasteiger partial charge in [-0.1, -0.05) is 72.8 Å². The SMILES string of the molecule is CC1CN(Cc2ccccc2)C(=O)c2cc(COc3ccccc3)nn21.O=C1c2cc(COc3ccccc3)nn2CCN1Cc1ccccn1. The van der Waals surface area contributed by atoms with E-state index in [0.717, 1.165) is 34.1 Å². The molecule has 3 aromatic heterocycles. The summed E-state index contributed by atoms with van der Waals surface area (Å²) in [6.45, 7) is 5.87. The summed E-state index contributed by atoms with van der Waals surface area (Å²) in [7, 11) is 0. The standard InChI is InChI=1S/C21H21N3O2.C19H18N4O2/c1-16-13-23(14-17-8-4-2-5-9-17)21(25)20-12-18(22-24(16)20)15-26-19-10-6-3-7-11-19;24-19-18-12-16(14-25-17-7-2-1-3-8-17)21-23(18)11-10-22(19)13-15-6-4-5-9-20-15/h2-12,16H,13-15H2,1H3;1-9,12H,10-11,13-14H2. The third-order valence-corrected chi connectivity index (χ3v) is 8.67. The molecule has 0 spiro atoms. The Labute approximate surface area is 296 Å². The number of fused-ring (bicyclic) bond motifs is 2. The second-order valence-corrected chi connectivity index (χ2v) is 12.5. The van der Waals surface area contributed by atoms with Crippen molar-refractivity contribution in [2.45, 2.75) is 45.8 Å². The van der Waals surface area contributed by atoms with Gasteiger partial charge >= 0.3 is 0 Å². The van der Waals surface area contributed by atoms with Crippen LogP contribution in [0.15, 0.2) is 128 Å². The van der Waals surface area contributed by atoms with Crippen LogP contribution in [0, 0.1) is 0 Å². The summed E-state index contributed by atoms with van der Waals surface area (Å²) in [6, 6.07) is 38.8. The van der Waals surface area contributed by atoms with Gasteiger partial charge in [-0.2, -0.15) is 10.2 Å². The molecule has 0 radical (unpaired) electrons. The first-order valence-corrected chi connectivity index (χ1v) is 17.0. The fourth-order valence-electron chi connectivity index (χ4n) is 6.14. The molecule has 1 unspecified atom stereocenters. The maximum atomic E-state index is 12.9. The molecule has 2 amide bonds. The van der Waals surface area contributed by atoms with Gasteiger partial charge in [0.05, 0.1) is 24.8 Å². The third-order valence-electron chi connectivity index (χ3n) is 8.67. The van der Waals surface area contributed by atoms with Crippen molar-refractivity contribution in [1.82, 2.24) is 34.3 Å². The molecule has 11 heteroatoms. The van der Waals surface area contributed by atoms with Gasteiger partial charge in [0.15, 0.2) is 0 Å². The van der Waals surface area contributed by atoms with Crippen molar-refractivity contribution in [2.24, 2.45) is 0 Å². The summed E-state index contributed by atoms with van der Waals surface area (Å²) >= 11 is 0. The van der Waals surface area contributed by atoms with Crippen molar-refractivity contribution in [3.05, 3.63) is 162 Å². The van der Waals surface area contributed by atoms with Crippen molar-refractivity contribution in [3.8, 4) is 11.5 Å². The van der Waals surface area contributed by atoms with Gasteiger partial charge in [-0.25, -0.2) is 0 Å². The number of benzene rings is 3. The average Bonchev–Trinajstić information content (AvgIpc) is 3.81. The molecule has 6 aromatic rings. The number of para-hydroxylation sites is 2. The molecule has 0 fully saturated rings. The highest BCUT2D eigenvalue weighted by Gasteiger charge is 2.31. The van der Waals surface area contributed by atoms with Crippen LogP contribution < -0.4 is 9.47 Å². The average molecular weight is 682 g/mol. The minimum Gasteiger partial charge on any atom is -0.487 e. The normalized spacial score (nSPS) is 15.0. The van der Waals surface area contributed by atoms with Gasteiger partial charge in [0.2, 0.25) is 0 Å². The molecule has 5 heterocycles. The van der Waals surface area contributed by atoms with Crippen LogP contribution >= 0.6 is 0 Å². The third kappa shape index (κ3) is 8.16. The minimum absolute atomic E-state index is 0.0182. The first kappa shape index (κ1) is 33.3. The number of hydrogen-bond donors (Lipinski definition) is 0. The zero-order valence-electron chi connectivity index (χ0n) is 28.4. The number of pyridine rings is 1. The Morgan fingerprint density at radius 1 is 0.627 bits per heavy atom. The van der Waals surface area contributed by atoms with E-state index in [-0.39, 0.29) is 17.9 Å². The number of carbonyl (C=O) groups is 2. The Balaban J connectivity index is 0.000000159. The van der Waals surface area contributed by atoms with Crippen LogP contribution in [0.2, 0.25) is 0 Å². The Morgan fingerprint density at radius 3 is 1.86 bits per heavy atom. The van der Waals surface area contributed by atoms with Crippen LogP contribution in [-0.4, -0.2) is 59.2 Å². The number of aromatic nitrogens is 5. The van der Waals surface area contributed by atoms with E-state index in [1.165, 1.54) is 0 Å². The lowest BCUT2D eigenvalue weighted by Gasteiger charge is -2.31. The van der Waals surface area contributed by atoms with Crippen molar-refractivity contribution >= 4 is 11.8 Å². The van der Waals surface area contributed by atoms with Gasteiger partial charge in [-0.15, -0.1) is 0 Å². The van der Waals surface area contributed by atoms with E-state index in [0.29, 0.717) is 57.3 Å². The summed E-state index contributed by atoms with van der Waals surface area (Å²) in [5, 5.41) is 9.07. The van der Waals surface area contributed by atoms with E-state index in [1.807, 2.05) is 131 Å². The molecule has 0 saturated heterocycles. The minimum atomic E-state index is -0.0182. The van der Waals surface area contributed by atoms with Crippen molar-refractivity contribution in [2.75, 3.05) is 13.1 Å². The van der Waals surface area contributed by atoms with E-state index in [1.54, 1.807) is 15.8 Å². The lowest BCUT2D eigenvalue weighted by Crippen LogP contribution is -2.41. The van der Waals surface area contributed by atoms with E-state index in [9.17, 15) is 9.59 Å². The highest BCUT2D eigenvalue weighted by Crippen LogP contribution is 2.24. The quantitative estimate of drug-likeness (QED) is 0.170. The maximum absolute atomic E-state index is 12.9. The van der Waals surface area contributed by atoms with Gasteiger partial charge in [-0.05, 0) is 61.0 Å². The van der Waals surface area contributed by atoms with Gasteiger partial charge in [0.25, 0.3) is 11.8 Å². The first-order valence-electron chi connectivity index (χ1n) is 17.0. The van der Waals surface area contributed by atoms with Gasteiger partial charge in [-0.3, -0.25) is 23.9 Å². The second kappa shape index (κ2) is 15.5. The lowest BCUT2D eigenvalue weighted by atomic mass is 10.1. The first-order chi connectivity index (χ1) is 25.0. The molecule has 0 saturated carbocycles. The van der Waals surface area contributed by atoms with E-state index in [2.05, 4.69) is 22.1 Å². The zero-order chi connectivity index (χ0) is 35.0. The van der Waals surface area contributed by atoms with Crippen LogP contribution in [-0.2, 0) is 32.8 Å². The predicted octanol–water partition coefficient (Wildman–Crippen LogP) is 6.19. The van der Waals surface area contributed by atoms with Gasteiger partial charge in [0.1, 0.15) is 47.5 Å². The number of amides is 2. The van der Waals surface area contributed by atoms with E-state index in [4.69, 9.17) is 9.47 Å². The molecule has 0 bridgehead atoms. The van der Waals surface area contributed by atoms with Gasteiger partial charge < -0.3 is 19.3 Å². The van der Waals surface area contributed by atoms with Crippen LogP contribution in [0.25, 0.3) is 0 Å². The highest BCUT2D eigenvalue weighted by atomic mass is 16.5. The van der Waals surface area contributed by atoms with Crippen LogP contribution in [0.5, 0.6) is 11.5 Å². The van der Waals surface area contributed by atoms with Crippen LogP contribution in [0.3, 0.4) is 0 Å². The van der Waals surface area contributed by atoms with Crippen molar-refractivity contribution in [1.29, 1.82) is 0 Å². The zero-order valence-corrected chi connectivity index (χ0v) is 28.4. The Kier molecular flexibility index (Phi) is 10.1. The van der Waals surface area contributed by atoms with Crippen molar-refractivity contribution in [3.63, 3.8) is 0 Å². The fraction of sp³-hybridized carbons (Fsp3) is 0.225. The molecule has 0 N–H and O–H groups in total. The molecule has 0 aliphatic carbocycles. The van der Waals surface area contributed by atoms with E-state index < -0.39 is 0 Å². The monoisotopic (exact) mass is 681 g/mol. The van der Waals surface area contributed by atoms with E-state index >= 15 is 0 Å². The number of nitrogens with zero attached hydrogens (tertiary/aromatic N) is 7. The molecule has 11 nitrogen and oxygen atoms in total. The number of hydrogen-bond acceptors (Lipinski definition) is 7. The Hall–Kier alpha value is -6.23. The molecular weight excluding hydrogens is 642 g/mol. The van der Waals surface area contributed by atoms with Crippen LogP contribution in [0.4, 0.5) is 0 Å². The van der Waals surface area contributed by atoms with Gasteiger partial charge in [0, 0.05) is 25.8 Å². The Bertz CT molecular complexity index is 2050. The molecule has 2 aliphatic heterocycles. The number of carbonyl (C=O) groups excluding carboxylic acids is 2. The maximum Gasteiger partial charge on any atom is 0.272 e. The molecule has 8 rings (SSSR count). The molecule has 258 valence electrons. The smallest absolute Gasteiger partial charge is 0.272 e. The molecule has 1 atom stereocenters. The molecular formula is C40H39N7O4. The fourth-order valence-corrected chi connectivity index (χ4v) is 6.14. The summed E-state index contributed by atoms with van der Waals surface area (Å²) in [5.41, 5.74) is 4.78. The topological polar surface area (TPSA) is 108 Å². The molecule has 51 heavy (non-hydrogen) atoms. The summed E-state index contributed by atoms with van der Waals surface area (Å²) in [6.07, 6.45) is 1.74. The lowest BCUT2D eigenvalue weighted by molar-refractivity contribution is 0.0649. The Morgan fingerprint density at radius 2 is 1.22 bits per heavy atom. The second-order valence-electron chi connectivity index (χ2n) is 12.5. The summed E-state index contributed by atoms with van der Waals surface area (Å²) < 4.78 is 15.1. The summed E-state index contributed by atoms with van der Waals surface area (Å²) in [4.78, 5) is 33.6. The molecule has 2 aliphatic rings. The summed E-state index contributed by atoms with van der Waals surface area (Å²) in [5.74, 6) is 1.58. The number of ether oxygens (including phenoxy) is 2. The van der Waals surface area contributed by atoms with Crippen molar-refractivity contribution < 1.29 is 19.1 Å².